The number of fused-ring (bicyclic) bond motifs is 2. The van der Waals surface area contributed by atoms with E-state index in [1.54, 1.807) is 0 Å². The lowest BCUT2D eigenvalue weighted by atomic mass is 10.1. The lowest BCUT2D eigenvalue weighted by Crippen LogP contribution is -2.39. The fourth-order valence-electron chi connectivity index (χ4n) is 3.61. The molecule has 112 valence electrons. The molecule has 3 rings (SSSR count). The van der Waals surface area contributed by atoms with E-state index in [0.717, 1.165) is 25.2 Å². The minimum atomic E-state index is 0.807. The molecule has 3 heterocycles. The van der Waals surface area contributed by atoms with E-state index in [0.29, 0.717) is 0 Å². The Hall–Kier alpha value is -0.420. The Morgan fingerprint density at radius 1 is 1.30 bits per heavy atom. The molecule has 2 bridgehead atoms. The lowest BCUT2D eigenvalue weighted by molar-refractivity contribution is 0.219. The highest BCUT2D eigenvalue weighted by atomic mass is 32.1. The van der Waals surface area contributed by atoms with Crippen LogP contribution in [0.2, 0.25) is 0 Å². The Kier molecular flexibility index (Phi) is 4.76. The van der Waals surface area contributed by atoms with Gasteiger partial charge in [0.25, 0.3) is 0 Å². The Morgan fingerprint density at radius 3 is 2.95 bits per heavy atom. The third-order valence-corrected chi connectivity index (χ3v) is 6.11. The van der Waals surface area contributed by atoms with Gasteiger partial charge in [0.15, 0.2) is 0 Å². The summed E-state index contributed by atoms with van der Waals surface area (Å²) < 4.78 is 0. The Labute approximate surface area is 127 Å². The minimum Gasteiger partial charge on any atom is -0.311 e. The molecule has 0 radical (unpaired) electrons. The van der Waals surface area contributed by atoms with Crippen LogP contribution in [0.15, 0.2) is 11.4 Å². The molecule has 2 saturated heterocycles. The van der Waals surface area contributed by atoms with Crippen molar-refractivity contribution in [3.63, 3.8) is 0 Å². The van der Waals surface area contributed by atoms with Gasteiger partial charge in [-0.05, 0) is 56.8 Å². The molecule has 20 heavy (non-hydrogen) atoms. The van der Waals surface area contributed by atoms with Crippen LogP contribution < -0.4 is 5.32 Å². The van der Waals surface area contributed by atoms with Crippen molar-refractivity contribution in [2.24, 2.45) is 0 Å². The molecule has 2 fully saturated rings. The Balaban J connectivity index is 1.40. The van der Waals surface area contributed by atoms with E-state index in [1.165, 1.54) is 49.3 Å². The summed E-state index contributed by atoms with van der Waals surface area (Å²) in [5.41, 5.74) is 1.43. The van der Waals surface area contributed by atoms with Crippen LogP contribution in [0.4, 0.5) is 0 Å². The summed E-state index contributed by atoms with van der Waals surface area (Å²) in [5, 5.41) is 5.79. The molecular formula is C16H27N3S. The maximum atomic E-state index is 3.61. The maximum absolute atomic E-state index is 3.61. The molecule has 0 amide bonds. The van der Waals surface area contributed by atoms with E-state index < -0.39 is 0 Å². The van der Waals surface area contributed by atoms with Crippen molar-refractivity contribution < 1.29 is 0 Å². The highest BCUT2D eigenvalue weighted by Crippen LogP contribution is 2.28. The predicted octanol–water partition coefficient (Wildman–Crippen LogP) is 2.31. The second-order valence-electron chi connectivity index (χ2n) is 6.34. The van der Waals surface area contributed by atoms with Crippen molar-refractivity contribution in [3.05, 3.63) is 21.9 Å². The first-order chi connectivity index (χ1) is 9.74. The van der Waals surface area contributed by atoms with Crippen molar-refractivity contribution in [2.75, 3.05) is 33.2 Å². The molecule has 1 aromatic rings. The molecule has 0 saturated carbocycles. The van der Waals surface area contributed by atoms with Crippen LogP contribution in [0.25, 0.3) is 0 Å². The first-order valence-electron chi connectivity index (χ1n) is 7.92. The fourth-order valence-corrected chi connectivity index (χ4v) is 4.48. The summed E-state index contributed by atoms with van der Waals surface area (Å²) in [6.07, 6.45) is 4.18. The van der Waals surface area contributed by atoms with Crippen LogP contribution in [-0.2, 0) is 6.54 Å². The molecule has 2 aliphatic heterocycles. The number of likely N-dealkylation sites (N-methyl/N-ethyl adjacent to an activating group) is 1. The number of rotatable bonds is 5. The molecule has 2 atom stereocenters. The summed E-state index contributed by atoms with van der Waals surface area (Å²) in [7, 11) is 2.32. The standard InChI is InChI=1S/C16H27N3S/c1-13-6-10-20-16(13)11-17-7-9-19-8-5-14-3-4-15(12-19)18(14)2/h6,10,14-15,17H,3-5,7-9,11-12H2,1-2H3. The number of hydrogen-bond donors (Lipinski definition) is 1. The van der Waals surface area contributed by atoms with Crippen molar-refractivity contribution in [3.8, 4) is 0 Å². The Bertz CT molecular complexity index is 431. The molecule has 0 spiro atoms. The van der Waals surface area contributed by atoms with Gasteiger partial charge in [-0.2, -0.15) is 0 Å². The smallest absolute Gasteiger partial charge is 0.0302 e. The molecule has 4 heteroatoms. The number of nitrogens with one attached hydrogen (secondary N) is 1. The zero-order valence-electron chi connectivity index (χ0n) is 12.8. The quantitative estimate of drug-likeness (QED) is 0.841. The summed E-state index contributed by atoms with van der Waals surface area (Å²) in [6.45, 7) is 8.09. The van der Waals surface area contributed by atoms with Gasteiger partial charge < -0.3 is 10.2 Å². The fraction of sp³-hybridized carbons (Fsp3) is 0.750. The number of nitrogens with zero attached hydrogens (tertiary/aromatic N) is 2. The normalized spacial score (nSPS) is 27.9. The van der Waals surface area contributed by atoms with E-state index in [9.17, 15) is 0 Å². The van der Waals surface area contributed by atoms with Crippen LogP contribution in [0.3, 0.4) is 0 Å². The monoisotopic (exact) mass is 293 g/mol. The van der Waals surface area contributed by atoms with Gasteiger partial charge in [-0.15, -0.1) is 11.3 Å². The zero-order chi connectivity index (χ0) is 13.9. The van der Waals surface area contributed by atoms with Gasteiger partial charge >= 0.3 is 0 Å². The van der Waals surface area contributed by atoms with Crippen LogP contribution in [0.1, 0.15) is 29.7 Å². The average Bonchev–Trinajstić information content (AvgIpc) is 2.92. The second-order valence-corrected chi connectivity index (χ2v) is 7.34. The number of hydrogen-bond acceptors (Lipinski definition) is 4. The molecule has 2 unspecified atom stereocenters. The number of likely N-dealkylation sites (tertiary alicyclic amines) is 1. The van der Waals surface area contributed by atoms with Gasteiger partial charge in [0.2, 0.25) is 0 Å². The third-order valence-electron chi connectivity index (χ3n) is 5.09. The van der Waals surface area contributed by atoms with Crippen molar-refractivity contribution in [2.45, 2.75) is 44.8 Å². The highest BCUT2D eigenvalue weighted by Gasteiger charge is 2.34. The topological polar surface area (TPSA) is 18.5 Å². The van der Waals surface area contributed by atoms with Crippen molar-refractivity contribution in [1.29, 1.82) is 0 Å². The molecule has 2 aliphatic rings. The molecule has 3 nitrogen and oxygen atoms in total. The van der Waals surface area contributed by atoms with Crippen LogP contribution in [-0.4, -0.2) is 55.1 Å². The Morgan fingerprint density at radius 2 is 2.15 bits per heavy atom. The SMILES string of the molecule is Cc1ccsc1CNCCN1CCC2CCC(C1)N2C. The van der Waals surface area contributed by atoms with E-state index in [-0.39, 0.29) is 0 Å². The first-order valence-corrected chi connectivity index (χ1v) is 8.80. The number of aryl methyl sites for hydroxylation is 1. The molecule has 0 aliphatic carbocycles. The summed E-state index contributed by atoms with van der Waals surface area (Å²) >= 11 is 1.87. The summed E-state index contributed by atoms with van der Waals surface area (Å²) in [4.78, 5) is 6.77. The maximum Gasteiger partial charge on any atom is 0.0302 e. The van der Waals surface area contributed by atoms with E-state index in [1.807, 2.05) is 11.3 Å². The van der Waals surface area contributed by atoms with Gasteiger partial charge in [-0.25, -0.2) is 0 Å². The largest absolute Gasteiger partial charge is 0.311 e. The summed E-state index contributed by atoms with van der Waals surface area (Å²) in [6, 6.07) is 3.87. The molecule has 1 aromatic heterocycles. The van der Waals surface area contributed by atoms with E-state index in [2.05, 4.69) is 40.5 Å². The highest BCUT2D eigenvalue weighted by molar-refractivity contribution is 7.10. The number of thiophene rings is 1. The molecule has 0 aromatic carbocycles. The van der Waals surface area contributed by atoms with Gasteiger partial charge in [0, 0.05) is 43.1 Å². The van der Waals surface area contributed by atoms with Crippen molar-refractivity contribution >= 4 is 11.3 Å². The van der Waals surface area contributed by atoms with Crippen LogP contribution >= 0.6 is 11.3 Å². The van der Waals surface area contributed by atoms with Gasteiger partial charge in [0.05, 0.1) is 0 Å². The van der Waals surface area contributed by atoms with E-state index >= 15 is 0 Å². The zero-order valence-corrected chi connectivity index (χ0v) is 13.6. The van der Waals surface area contributed by atoms with Crippen LogP contribution in [0, 0.1) is 6.92 Å². The third kappa shape index (κ3) is 3.25. The average molecular weight is 293 g/mol. The summed E-state index contributed by atoms with van der Waals surface area (Å²) in [5.74, 6) is 0. The van der Waals surface area contributed by atoms with Crippen molar-refractivity contribution in [1.82, 2.24) is 15.1 Å². The second kappa shape index (κ2) is 6.56. The minimum absolute atomic E-state index is 0.807. The van der Waals surface area contributed by atoms with Crippen LogP contribution in [0.5, 0.6) is 0 Å². The predicted molar refractivity (Wildman–Crippen MR) is 86.4 cm³/mol. The lowest BCUT2D eigenvalue weighted by Gasteiger charge is -2.25. The first kappa shape index (κ1) is 14.5. The van der Waals surface area contributed by atoms with E-state index in [4.69, 9.17) is 0 Å². The van der Waals surface area contributed by atoms with Gasteiger partial charge in [-0.1, -0.05) is 0 Å². The van der Waals surface area contributed by atoms with Gasteiger partial charge in [-0.3, -0.25) is 4.90 Å². The van der Waals surface area contributed by atoms with Gasteiger partial charge in [0.1, 0.15) is 0 Å². The molecular weight excluding hydrogens is 266 g/mol. The molecule has 1 N–H and O–H groups in total.